The lowest BCUT2D eigenvalue weighted by Gasteiger charge is -2.26. The van der Waals surface area contributed by atoms with Crippen LogP contribution < -0.4 is 5.32 Å². The lowest BCUT2D eigenvalue weighted by atomic mass is 10.0. The molecule has 2 aromatic heterocycles. The van der Waals surface area contributed by atoms with E-state index < -0.39 is 0 Å². The monoisotopic (exact) mass is 312 g/mol. The van der Waals surface area contributed by atoms with Gasteiger partial charge in [-0.1, -0.05) is 26.0 Å². The van der Waals surface area contributed by atoms with E-state index in [1.54, 1.807) is 6.33 Å². The van der Waals surface area contributed by atoms with Gasteiger partial charge in [-0.2, -0.15) is 0 Å². The van der Waals surface area contributed by atoms with Crippen LogP contribution in [0.25, 0.3) is 22.1 Å². The SMILES string of the molecule is CC(C)CC(CNc1ncnc2c1oc1ccccc12)N(C)C. The Morgan fingerprint density at radius 1 is 1.17 bits per heavy atom. The smallest absolute Gasteiger partial charge is 0.196 e. The second-order valence-electron chi connectivity index (χ2n) is 6.63. The van der Waals surface area contributed by atoms with Crippen molar-refractivity contribution in [1.29, 1.82) is 0 Å². The summed E-state index contributed by atoms with van der Waals surface area (Å²) in [6, 6.07) is 8.40. The molecule has 3 rings (SSSR count). The van der Waals surface area contributed by atoms with E-state index in [9.17, 15) is 0 Å². The third-order valence-corrected chi connectivity index (χ3v) is 4.14. The predicted octanol–water partition coefficient (Wildman–Crippen LogP) is 3.76. The Morgan fingerprint density at radius 2 is 1.96 bits per heavy atom. The van der Waals surface area contributed by atoms with Crippen LogP contribution in [-0.4, -0.2) is 41.5 Å². The molecule has 1 aromatic carbocycles. The molecule has 122 valence electrons. The first kappa shape index (κ1) is 15.7. The highest BCUT2D eigenvalue weighted by atomic mass is 16.3. The molecule has 0 radical (unpaired) electrons. The van der Waals surface area contributed by atoms with Gasteiger partial charge < -0.3 is 14.6 Å². The maximum Gasteiger partial charge on any atom is 0.196 e. The molecule has 0 amide bonds. The number of para-hydroxylation sites is 1. The Balaban J connectivity index is 1.88. The number of hydrogen-bond donors (Lipinski definition) is 1. The molecule has 0 saturated carbocycles. The first-order valence-corrected chi connectivity index (χ1v) is 8.08. The van der Waals surface area contributed by atoms with E-state index in [1.165, 1.54) is 0 Å². The number of hydrogen-bond acceptors (Lipinski definition) is 5. The van der Waals surface area contributed by atoms with Gasteiger partial charge in [-0.25, -0.2) is 9.97 Å². The van der Waals surface area contributed by atoms with Gasteiger partial charge in [-0.05, 0) is 38.6 Å². The summed E-state index contributed by atoms with van der Waals surface area (Å²) >= 11 is 0. The van der Waals surface area contributed by atoms with Crippen LogP contribution in [0.4, 0.5) is 5.82 Å². The molecule has 2 heterocycles. The molecule has 1 N–H and O–H groups in total. The Kier molecular flexibility index (Phi) is 4.48. The number of nitrogens with zero attached hydrogens (tertiary/aromatic N) is 3. The Bertz CT molecular complexity index is 794. The van der Waals surface area contributed by atoms with Crippen LogP contribution in [0.1, 0.15) is 20.3 Å². The number of nitrogens with one attached hydrogen (secondary N) is 1. The van der Waals surface area contributed by atoms with Gasteiger partial charge in [-0.3, -0.25) is 0 Å². The van der Waals surface area contributed by atoms with E-state index in [1.807, 2.05) is 24.3 Å². The van der Waals surface area contributed by atoms with Crippen molar-refractivity contribution < 1.29 is 4.42 Å². The van der Waals surface area contributed by atoms with Crippen LogP contribution in [0, 0.1) is 5.92 Å². The minimum Gasteiger partial charge on any atom is -0.450 e. The quantitative estimate of drug-likeness (QED) is 0.751. The third-order valence-electron chi connectivity index (χ3n) is 4.14. The van der Waals surface area contributed by atoms with E-state index in [0.29, 0.717) is 12.0 Å². The molecular weight excluding hydrogens is 288 g/mol. The molecule has 0 spiro atoms. The number of benzene rings is 1. The molecule has 1 unspecified atom stereocenters. The first-order valence-electron chi connectivity index (χ1n) is 8.08. The van der Waals surface area contributed by atoms with E-state index >= 15 is 0 Å². The van der Waals surface area contributed by atoms with Crippen molar-refractivity contribution in [2.45, 2.75) is 26.3 Å². The standard InChI is InChI=1S/C18H24N4O/c1-12(2)9-13(22(3)4)10-19-18-17-16(20-11-21-18)14-7-5-6-8-15(14)23-17/h5-8,11-13H,9-10H2,1-4H3,(H,19,20,21). The highest BCUT2D eigenvalue weighted by Crippen LogP contribution is 2.30. The maximum absolute atomic E-state index is 5.96. The number of aromatic nitrogens is 2. The zero-order chi connectivity index (χ0) is 16.4. The fourth-order valence-electron chi connectivity index (χ4n) is 2.88. The summed E-state index contributed by atoms with van der Waals surface area (Å²) in [5, 5.41) is 4.48. The summed E-state index contributed by atoms with van der Waals surface area (Å²) in [5.41, 5.74) is 2.44. The van der Waals surface area contributed by atoms with Gasteiger partial charge >= 0.3 is 0 Å². The van der Waals surface area contributed by atoms with Crippen LogP contribution in [0.2, 0.25) is 0 Å². The predicted molar refractivity (Wildman–Crippen MR) is 94.7 cm³/mol. The summed E-state index contributed by atoms with van der Waals surface area (Å²) < 4.78 is 5.96. The fourth-order valence-corrected chi connectivity index (χ4v) is 2.88. The molecule has 0 aliphatic carbocycles. The van der Waals surface area contributed by atoms with E-state index in [2.05, 4.69) is 48.1 Å². The van der Waals surface area contributed by atoms with Gasteiger partial charge in [0.25, 0.3) is 0 Å². The van der Waals surface area contributed by atoms with Gasteiger partial charge in [0.2, 0.25) is 0 Å². The van der Waals surface area contributed by atoms with Crippen molar-refractivity contribution in [2.75, 3.05) is 26.0 Å². The van der Waals surface area contributed by atoms with Crippen molar-refractivity contribution in [2.24, 2.45) is 5.92 Å². The topological polar surface area (TPSA) is 54.2 Å². The van der Waals surface area contributed by atoms with E-state index in [4.69, 9.17) is 4.42 Å². The molecule has 3 aromatic rings. The van der Waals surface area contributed by atoms with Gasteiger partial charge in [0, 0.05) is 18.0 Å². The van der Waals surface area contributed by atoms with Gasteiger partial charge in [0.05, 0.1) is 0 Å². The fraction of sp³-hybridized carbons (Fsp3) is 0.444. The second-order valence-corrected chi connectivity index (χ2v) is 6.63. The lowest BCUT2D eigenvalue weighted by molar-refractivity contribution is 0.266. The van der Waals surface area contributed by atoms with Crippen LogP contribution in [0.15, 0.2) is 35.0 Å². The largest absolute Gasteiger partial charge is 0.450 e. The van der Waals surface area contributed by atoms with Crippen molar-refractivity contribution in [1.82, 2.24) is 14.9 Å². The molecule has 5 nitrogen and oxygen atoms in total. The summed E-state index contributed by atoms with van der Waals surface area (Å²) in [4.78, 5) is 11.0. The van der Waals surface area contributed by atoms with Gasteiger partial charge in [-0.15, -0.1) is 0 Å². The number of furan rings is 1. The molecule has 0 bridgehead atoms. The van der Waals surface area contributed by atoms with Gasteiger partial charge in [0.15, 0.2) is 11.4 Å². The van der Waals surface area contributed by atoms with Crippen molar-refractivity contribution in [3.63, 3.8) is 0 Å². The number of likely N-dealkylation sites (N-methyl/N-ethyl adjacent to an activating group) is 1. The molecule has 5 heteroatoms. The molecule has 0 aliphatic rings. The average Bonchev–Trinajstić information content (AvgIpc) is 2.90. The van der Waals surface area contributed by atoms with Crippen molar-refractivity contribution >= 4 is 27.9 Å². The lowest BCUT2D eigenvalue weighted by Crippen LogP contribution is -2.35. The molecular formula is C18H24N4O. The Labute approximate surface area is 136 Å². The van der Waals surface area contributed by atoms with Crippen molar-refractivity contribution in [3.05, 3.63) is 30.6 Å². The molecule has 0 saturated heterocycles. The van der Waals surface area contributed by atoms with Crippen LogP contribution in [-0.2, 0) is 0 Å². The third kappa shape index (κ3) is 3.29. The van der Waals surface area contributed by atoms with E-state index in [-0.39, 0.29) is 0 Å². The first-order chi connectivity index (χ1) is 11.1. The highest BCUT2D eigenvalue weighted by Gasteiger charge is 2.16. The van der Waals surface area contributed by atoms with E-state index in [0.717, 1.165) is 40.9 Å². The molecule has 0 aliphatic heterocycles. The van der Waals surface area contributed by atoms with Crippen LogP contribution >= 0.6 is 0 Å². The summed E-state index contributed by atoms with van der Waals surface area (Å²) in [6.07, 6.45) is 2.73. The van der Waals surface area contributed by atoms with Gasteiger partial charge in [0.1, 0.15) is 17.4 Å². The summed E-state index contributed by atoms with van der Waals surface area (Å²) in [6.45, 7) is 5.33. The summed E-state index contributed by atoms with van der Waals surface area (Å²) in [5.74, 6) is 1.42. The van der Waals surface area contributed by atoms with Crippen LogP contribution in [0.3, 0.4) is 0 Å². The normalized spacial score (nSPS) is 13.3. The Morgan fingerprint density at radius 3 is 2.70 bits per heavy atom. The number of anilines is 1. The molecule has 0 fully saturated rings. The number of rotatable bonds is 6. The van der Waals surface area contributed by atoms with Crippen molar-refractivity contribution in [3.8, 4) is 0 Å². The second kappa shape index (κ2) is 6.54. The Hall–Kier alpha value is -2.14. The molecule has 23 heavy (non-hydrogen) atoms. The zero-order valence-corrected chi connectivity index (χ0v) is 14.2. The zero-order valence-electron chi connectivity index (χ0n) is 14.2. The summed E-state index contributed by atoms with van der Waals surface area (Å²) in [7, 11) is 4.23. The average molecular weight is 312 g/mol. The number of fused-ring (bicyclic) bond motifs is 3. The highest BCUT2D eigenvalue weighted by molar-refractivity contribution is 6.05. The molecule has 1 atom stereocenters. The van der Waals surface area contributed by atoms with Crippen LogP contribution in [0.5, 0.6) is 0 Å². The maximum atomic E-state index is 5.96. The minimum absolute atomic E-state index is 0.449. The minimum atomic E-state index is 0.449.